The monoisotopic (exact) mass is 242 g/mol. The quantitative estimate of drug-likeness (QED) is 0.570. The molecule has 0 bridgehead atoms. The predicted octanol–water partition coefficient (Wildman–Crippen LogP) is 4.27. The van der Waals surface area contributed by atoms with Gasteiger partial charge in [0.05, 0.1) is 0 Å². The van der Waals surface area contributed by atoms with E-state index in [1.54, 1.807) is 6.08 Å². The fourth-order valence-corrected chi connectivity index (χ4v) is 1.69. The number of hydrogen-bond acceptors (Lipinski definition) is 2. The molecular formula is C16H22N2. The van der Waals surface area contributed by atoms with E-state index in [0.717, 1.165) is 25.2 Å². The molecule has 1 rings (SSSR count). The van der Waals surface area contributed by atoms with Crippen molar-refractivity contribution in [2.75, 3.05) is 11.9 Å². The van der Waals surface area contributed by atoms with Crippen LogP contribution in [0.3, 0.4) is 0 Å². The van der Waals surface area contributed by atoms with Gasteiger partial charge in [0.2, 0.25) is 0 Å². The second-order valence-electron chi connectivity index (χ2n) is 4.16. The number of allylic oxidation sites excluding steroid dienone is 5. The van der Waals surface area contributed by atoms with Crippen LogP contribution in [0.5, 0.6) is 0 Å². The van der Waals surface area contributed by atoms with E-state index < -0.39 is 0 Å². The second kappa shape index (κ2) is 8.29. The van der Waals surface area contributed by atoms with E-state index in [2.05, 4.69) is 48.9 Å². The number of aryl methyl sites for hydroxylation is 1. The standard InChI is InChI=1S/C16H22N2/c1-4-6-10-15(5-2)11-8-13-18-16-14(3)9-7-12-17-16/h4-7,9-10,12H,1,8,11,13H2,2-3H3,(H,17,18)/b10-6-,15-5+. The van der Waals surface area contributed by atoms with E-state index in [0.29, 0.717) is 0 Å². The molecule has 0 aliphatic carbocycles. The lowest BCUT2D eigenvalue weighted by Crippen LogP contribution is -2.04. The summed E-state index contributed by atoms with van der Waals surface area (Å²) in [5, 5.41) is 3.37. The Balaban J connectivity index is 2.32. The molecule has 0 radical (unpaired) electrons. The van der Waals surface area contributed by atoms with Crippen LogP contribution in [0.1, 0.15) is 25.3 Å². The fourth-order valence-electron chi connectivity index (χ4n) is 1.69. The number of aromatic nitrogens is 1. The molecule has 0 spiro atoms. The summed E-state index contributed by atoms with van der Waals surface area (Å²) in [4.78, 5) is 4.31. The Morgan fingerprint density at radius 2 is 2.33 bits per heavy atom. The minimum absolute atomic E-state index is 0.942. The van der Waals surface area contributed by atoms with E-state index in [1.165, 1.54) is 11.1 Å². The van der Waals surface area contributed by atoms with Gasteiger partial charge in [-0.2, -0.15) is 0 Å². The van der Waals surface area contributed by atoms with Crippen LogP contribution in [0.15, 0.2) is 54.8 Å². The van der Waals surface area contributed by atoms with Crippen molar-refractivity contribution in [2.45, 2.75) is 26.7 Å². The Hall–Kier alpha value is -1.83. The van der Waals surface area contributed by atoms with Crippen molar-refractivity contribution in [3.05, 3.63) is 60.3 Å². The lowest BCUT2D eigenvalue weighted by atomic mass is 10.1. The van der Waals surface area contributed by atoms with Crippen molar-refractivity contribution in [3.63, 3.8) is 0 Å². The first kappa shape index (κ1) is 14.2. The van der Waals surface area contributed by atoms with Crippen LogP contribution in [0.25, 0.3) is 0 Å². The van der Waals surface area contributed by atoms with Crippen LogP contribution in [0.4, 0.5) is 5.82 Å². The molecule has 1 aromatic rings. The van der Waals surface area contributed by atoms with Crippen LogP contribution in [0, 0.1) is 6.92 Å². The third kappa shape index (κ3) is 5.00. The number of nitrogens with one attached hydrogen (secondary N) is 1. The summed E-state index contributed by atoms with van der Waals surface area (Å²) in [5.41, 5.74) is 2.53. The third-order valence-electron chi connectivity index (χ3n) is 2.76. The predicted molar refractivity (Wildman–Crippen MR) is 79.8 cm³/mol. The van der Waals surface area contributed by atoms with Crippen LogP contribution < -0.4 is 5.32 Å². The SMILES string of the molecule is C=C/C=C\C(=C/C)CCCNc1ncccc1C. The average Bonchev–Trinajstić information content (AvgIpc) is 2.40. The molecule has 96 valence electrons. The van der Waals surface area contributed by atoms with Crippen LogP contribution in [0.2, 0.25) is 0 Å². The molecule has 0 aliphatic heterocycles. The Labute approximate surface area is 110 Å². The molecule has 0 aromatic carbocycles. The Kier molecular flexibility index (Phi) is 6.55. The van der Waals surface area contributed by atoms with Gasteiger partial charge in [0.15, 0.2) is 0 Å². The van der Waals surface area contributed by atoms with Gasteiger partial charge in [-0.3, -0.25) is 0 Å². The first-order valence-corrected chi connectivity index (χ1v) is 6.37. The van der Waals surface area contributed by atoms with Gasteiger partial charge in [-0.1, -0.05) is 42.5 Å². The topological polar surface area (TPSA) is 24.9 Å². The summed E-state index contributed by atoms with van der Waals surface area (Å²) >= 11 is 0. The summed E-state index contributed by atoms with van der Waals surface area (Å²) in [7, 11) is 0. The number of hydrogen-bond donors (Lipinski definition) is 1. The van der Waals surface area contributed by atoms with Crippen LogP contribution in [-0.2, 0) is 0 Å². The normalized spacial score (nSPS) is 11.8. The molecule has 0 fully saturated rings. The van der Waals surface area contributed by atoms with Crippen molar-refractivity contribution >= 4 is 5.82 Å². The van der Waals surface area contributed by atoms with Gasteiger partial charge in [0.25, 0.3) is 0 Å². The molecule has 1 heterocycles. The zero-order chi connectivity index (χ0) is 13.2. The minimum atomic E-state index is 0.942. The van der Waals surface area contributed by atoms with E-state index in [4.69, 9.17) is 0 Å². The number of nitrogens with zero attached hydrogens (tertiary/aromatic N) is 1. The van der Waals surface area contributed by atoms with E-state index >= 15 is 0 Å². The van der Waals surface area contributed by atoms with E-state index in [9.17, 15) is 0 Å². The largest absolute Gasteiger partial charge is 0.370 e. The number of pyridine rings is 1. The van der Waals surface area contributed by atoms with Gasteiger partial charge in [-0.15, -0.1) is 0 Å². The van der Waals surface area contributed by atoms with Crippen molar-refractivity contribution in [1.29, 1.82) is 0 Å². The van der Waals surface area contributed by atoms with Crippen molar-refractivity contribution in [3.8, 4) is 0 Å². The molecule has 0 aliphatic rings. The summed E-state index contributed by atoms with van der Waals surface area (Å²) < 4.78 is 0. The first-order chi connectivity index (χ1) is 8.77. The zero-order valence-electron chi connectivity index (χ0n) is 11.3. The minimum Gasteiger partial charge on any atom is -0.370 e. The van der Waals surface area contributed by atoms with Gasteiger partial charge in [-0.05, 0) is 38.3 Å². The van der Waals surface area contributed by atoms with Gasteiger partial charge < -0.3 is 5.32 Å². The molecule has 1 N–H and O–H groups in total. The maximum atomic E-state index is 4.31. The Morgan fingerprint density at radius 1 is 1.50 bits per heavy atom. The molecule has 2 nitrogen and oxygen atoms in total. The van der Waals surface area contributed by atoms with E-state index in [1.807, 2.05) is 18.3 Å². The molecular weight excluding hydrogens is 220 g/mol. The summed E-state index contributed by atoms with van der Waals surface area (Å²) in [6.45, 7) is 8.76. The van der Waals surface area contributed by atoms with Crippen LogP contribution >= 0.6 is 0 Å². The summed E-state index contributed by atoms with van der Waals surface area (Å²) in [6.07, 6.45) is 12.0. The highest BCUT2D eigenvalue weighted by molar-refractivity contribution is 5.42. The molecule has 0 unspecified atom stereocenters. The zero-order valence-corrected chi connectivity index (χ0v) is 11.3. The molecule has 1 aromatic heterocycles. The average molecular weight is 242 g/mol. The molecule has 2 heteroatoms. The van der Waals surface area contributed by atoms with Crippen LogP contribution in [-0.4, -0.2) is 11.5 Å². The smallest absolute Gasteiger partial charge is 0.128 e. The van der Waals surface area contributed by atoms with Crippen molar-refractivity contribution in [2.24, 2.45) is 0 Å². The highest BCUT2D eigenvalue weighted by Gasteiger charge is 1.97. The lowest BCUT2D eigenvalue weighted by molar-refractivity contribution is 0.859. The maximum absolute atomic E-state index is 4.31. The van der Waals surface area contributed by atoms with E-state index in [-0.39, 0.29) is 0 Å². The second-order valence-corrected chi connectivity index (χ2v) is 4.16. The van der Waals surface area contributed by atoms with Crippen molar-refractivity contribution in [1.82, 2.24) is 4.98 Å². The highest BCUT2D eigenvalue weighted by Crippen LogP contribution is 2.11. The Bertz CT molecular complexity index is 430. The number of anilines is 1. The summed E-state index contributed by atoms with van der Waals surface area (Å²) in [5.74, 6) is 0.987. The molecule has 0 saturated heterocycles. The lowest BCUT2D eigenvalue weighted by Gasteiger charge is -2.08. The summed E-state index contributed by atoms with van der Waals surface area (Å²) in [6, 6.07) is 4.03. The molecule has 0 amide bonds. The number of rotatable bonds is 7. The van der Waals surface area contributed by atoms with Gasteiger partial charge >= 0.3 is 0 Å². The highest BCUT2D eigenvalue weighted by atomic mass is 15.0. The van der Waals surface area contributed by atoms with Gasteiger partial charge in [-0.25, -0.2) is 4.98 Å². The van der Waals surface area contributed by atoms with Gasteiger partial charge in [0, 0.05) is 12.7 Å². The maximum Gasteiger partial charge on any atom is 0.128 e. The molecule has 0 atom stereocenters. The Morgan fingerprint density at radius 3 is 3.00 bits per heavy atom. The van der Waals surface area contributed by atoms with Crippen molar-refractivity contribution < 1.29 is 0 Å². The molecule has 0 saturated carbocycles. The third-order valence-corrected chi connectivity index (χ3v) is 2.76. The molecule has 18 heavy (non-hydrogen) atoms. The fraction of sp³-hybridized carbons (Fsp3) is 0.312. The van der Waals surface area contributed by atoms with Gasteiger partial charge in [0.1, 0.15) is 5.82 Å². The first-order valence-electron chi connectivity index (χ1n) is 6.37.